The number of hydrogen-bond donors (Lipinski definition) is 1. The van der Waals surface area contributed by atoms with Gasteiger partial charge in [0.25, 0.3) is 0 Å². The molecule has 3 heterocycles. The number of aryl methyl sites for hydroxylation is 4. The third kappa shape index (κ3) is 3.82. The van der Waals surface area contributed by atoms with Crippen molar-refractivity contribution < 1.29 is 9.32 Å². The van der Waals surface area contributed by atoms with Crippen LogP contribution in [0.15, 0.2) is 27.4 Å². The van der Waals surface area contributed by atoms with Crippen LogP contribution >= 0.6 is 11.3 Å². The summed E-state index contributed by atoms with van der Waals surface area (Å²) in [5.41, 5.74) is 4.82. The molecule has 0 saturated carbocycles. The lowest BCUT2D eigenvalue weighted by atomic mass is 10.1. The number of hydrogen-bond acceptors (Lipinski definition) is 5. The van der Waals surface area contributed by atoms with Gasteiger partial charge in [-0.1, -0.05) is 5.16 Å². The van der Waals surface area contributed by atoms with Gasteiger partial charge in [-0.3, -0.25) is 9.48 Å². The van der Waals surface area contributed by atoms with Crippen LogP contribution in [0.4, 0.5) is 0 Å². The van der Waals surface area contributed by atoms with Crippen molar-refractivity contribution in [3.05, 3.63) is 56.9 Å². The van der Waals surface area contributed by atoms with E-state index in [0.29, 0.717) is 12.3 Å². The zero-order valence-corrected chi connectivity index (χ0v) is 15.7. The molecule has 0 spiro atoms. The van der Waals surface area contributed by atoms with E-state index in [1.165, 1.54) is 0 Å². The molecular weight excluding hydrogens is 336 g/mol. The first-order valence-electron chi connectivity index (χ1n) is 8.19. The molecule has 0 aliphatic heterocycles. The highest BCUT2D eigenvalue weighted by Gasteiger charge is 2.20. The fourth-order valence-electron chi connectivity index (χ4n) is 2.96. The van der Waals surface area contributed by atoms with E-state index in [-0.39, 0.29) is 18.4 Å². The van der Waals surface area contributed by atoms with Gasteiger partial charge in [-0.15, -0.1) is 0 Å². The summed E-state index contributed by atoms with van der Waals surface area (Å²) in [5.74, 6) is 0.650. The Bertz CT molecular complexity index is 844. The van der Waals surface area contributed by atoms with Crippen LogP contribution < -0.4 is 5.32 Å². The van der Waals surface area contributed by atoms with Gasteiger partial charge >= 0.3 is 0 Å². The van der Waals surface area contributed by atoms with Gasteiger partial charge in [-0.2, -0.15) is 16.4 Å². The summed E-state index contributed by atoms with van der Waals surface area (Å²) in [6.07, 6.45) is 0.272. The van der Waals surface area contributed by atoms with E-state index in [2.05, 4.69) is 27.0 Å². The molecule has 0 radical (unpaired) electrons. The predicted molar refractivity (Wildman–Crippen MR) is 96.8 cm³/mol. The summed E-state index contributed by atoms with van der Waals surface area (Å²) in [6.45, 7) is 8.17. The number of carbonyl (C=O) groups excluding carboxylic acids is 1. The topological polar surface area (TPSA) is 73.0 Å². The number of carbonyl (C=O) groups is 1. The monoisotopic (exact) mass is 358 g/mol. The minimum Gasteiger partial charge on any atom is -0.361 e. The predicted octanol–water partition coefficient (Wildman–Crippen LogP) is 3.11. The van der Waals surface area contributed by atoms with Crippen molar-refractivity contribution in [1.29, 1.82) is 0 Å². The van der Waals surface area contributed by atoms with E-state index < -0.39 is 0 Å². The number of rotatable bonds is 6. The summed E-state index contributed by atoms with van der Waals surface area (Å²) in [4.78, 5) is 12.4. The number of thiophene rings is 1. The zero-order valence-electron chi connectivity index (χ0n) is 14.9. The molecule has 0 aromatic carbocycles. The first-order valence-corrected chi connectivity index (χ1v) is 9.13. The summed E-state index contributed by atoms with van der Waals surface area (Å²) >= 11 is 1.64. The lowest BCUT2D eigenvalue weighted by Gasteiger charge is -2.19. The largest absolute Gasteiger partial charge is 0.361 e. The summed E-state index contributed by atoms with van der Waals surface area (Å²) < 4.78 is 7.11. The highest BCUT2D eigenvalue weighted by Crippen LogP contribution is 2.22. The maximum atomic E-state index is 12.4. The smallest absolute Gasteiger partial charge is 0.224 e. The van der Waals surface area contributed by atoms with Crippen molar-refractivity contribution in [3.63, 3.8) is 0 Å². The zero-order chi connectivity index (χ0) is 18.0. The van der Waals surface area contributed by atoms with Crippen LogP contribution in [0.3, 0.4) is 0 Å². The first-order chi connectivity index (χ1) is 12.0. The Kier molecular flexibility index (Phi) is 5.03. The molecule has 1 N–H and O–H groups in total. The molecule has 3 rings (SSSR count). The molecule has 1 atom stereocenters. The Morgan fingerprint density at radius 1 is 1.36 bits per heavy atom. The van der Waals surface area contributed by atoms with Crippen LogP contribution in [0.1, 0.15) is 40.0 Å². The van der Waals surface area contributed by atoms with Gasteiger partial charge in [-0.25, -0.2) is 0 Å². The molecule has 0 saturated heterocycles. The molecule has 0 aliphatic rings. The molecule has 1 amide bonds. The second-order valence-corrected chi connectivity index (χ2v) is 7.01. The summed E-state index contributed by atoms with van der Waals surface area (Å²) in [7, 11) is 0. The molecule has 0 bridgehead atoms. The van der Waals surface area contributed by atoms with Gasteiger partial charge in [0.05, 0.1) is 23.9 Å². The van der Waals surface area contributed by atoms with Crippen LogP contribution in [0.2, 0.25) is 0 Å². The van der Waals surface area contributed by atoms with Gasteiger partial charge in [0, 0.05) is 17.8 Å². The number of aromatic nitrogens is 3. The Balaban J connectivity index is 1.73. The number of amides is 1. The molecular formula is C18H22N4O2S. The normalized spacial score (nSPS) is 12.3. The quantitative estimate of drug-likeness (QED) is 0.735. The van der Waals surface area contributed by atoms with E-state index in [1.807, 2.05) is 43.8 Å². The Labute approximate surface area is 150 Å². The fraction of sp³-hybridized carbons (Fsp3) is 0.389. The van der Waals surface area contributed by atoms with Gasteiger partial charge < -0.3 is 9.84 Å². The standard InChI is InChI=1S/C18H22N4O2S/c1-11-7-12(2)22(20-11)17(15-5-6-25-10-15)9-19-18(23)8-16-13(3)21-24-14(16)4/h5-7,10,17H,8-9H2,1-4H3,(H,19,23). The second kappa shape index (κ2) is 7.23. The van der Waals surface area contributed by atoms with E-state index in [0.717, 1.165) is 28.2 Å². The average Bonchev–Trinajstić information content (AvgIpc) is 3.27. The van der Waals surface area contributed by atoms with Crippen molar-refractivity contribution in [2.45, 2.75) is 40.2 Å². The minimum absolute atomic E-state index is 0.0198. The Morgan fingerprint density at radius 2 is 2.16 bits per heavy atom. The lowest BCUT2D eigenvalue weighted by Crippen LogP contribution is -2.33. The molecule has 6 nitrogen and oxygen atoms in total. The molecule has 0 aliphatic carbocycles. The fourth-order valence-corrected chi connectivity index (χ4v) is 3.67. The van der Waals surface area contributed by atoms with Gasteiger partial charge in [0.1, 0.15) is 5.76 Å². The number of nitrogens with one attached hydrogen (secondary N) is 1. The molecule has 132 valence electrons. The molecule has 3 aromatic rings. The van der Waals surface area contributed by atoms with Gasteiger partial charge in [0.2, 0.25) is 5.91 Å². The third-order valence-electron chi connectivity index (χ3n) is 4.28. The third-order valence-corrected chi connectivity index (χ3v) is 4.98. The Hall–Kier alpha value is -2.41. The van der Waals surface area contributed by atoms with E-state index >= 15 is 0 Å². The van der Waals surface area contributed by atoms with Crippen molar-refractivity contribution in [2.24, 2.45) is 0 Å². The first kappa shape index (κ1) is 17.4. The van der Waals surface area contributed by atoms with Gasteiger partial charge in [0.15, 0.2) is 0 Å². The Morgan fingerprint density at radius 3 is 2.72 bits per heavy atom. The SMILES string of the molecule is Cc1cc(C)n(C(CNC(=O)Cc2c(C)noc2C)c2ccsc2)n1. The molecule has 3 aromatic heterocycles. The van der Waals surface area contributed by atoms with Crippen molar-refractivity contribution >= 4 is 17.2 Å². The maximum absolute atomic E-state index is 12.4. The van der Waals surface area contributed by atoms with E-state index in [1.54, 1.807) is 11.3 Å². The average molecular weight is 358 g/mol. The van der Waals surface area contributed by atoms with Crippen molar-refractivity contribution in [1.82, 2.24) is 20.3 Å². The molecule has 0 fully saturated rings. The van der Waals surface area contributed by atoms with E-state index in [9.17, 15) is 4.79 Å². The summed E-state index contributed by atoms with van der Waals surface area (Å²) in [5, 5.41) is 15.7. The lowest BCUT2D eigenvalue weighted by molar-refractivity contribution is -0.120. The van der Waals surface area contributed by atoms with Crippen LogP contribution in [0.25, 0.3) is 0 Å². The van der Waals surface area contributed by atoms with Crippen LogP contribution in [-0.4, -0.2) is 27.4 Å². The van der Waals surface area contributed by atoms with Crippen LogP contribution in [0.5, 0.6) is 0 Å². The molecule has 25 heavy (non-hydrogen) atoms. The summed E-state index contributed by atoms with van der Waals surface area (Å²) in [6, 6.07) is 4.10. The van der Waals surface area contributed by atoms with Crippen molar-refractivity contribution in [3.8, 4) is 0 Å². The van der Waals surface area contributed by atoms with Crippen LogP contribution in [-0.2, 0) is 11.2 Å². The highest BCUT2D eigenvalue weighted by atomic mass is 32.1. The minimum atomic E-state index is -0.0452. The highest BCUT2D eigenvalue weighted by molar-refractivity contribution is 7.07. The number of nitrogens with zero attached hydrogens (tertiary/aromatic N) is 3. The molecule has 7 heteroatoms. The van der Waals surface area contributed by atoms with E-state index in [4.69, 9.17) is 4.52 Å². The molecule has 1 unspecified atom stereocenters. The van der Waals surface area contributed by atoms with Gasteiger partial charge in [-0.05, 0) is 56.2 Å². The van der Waals surface area contributed by atoms with Crippen molar-refractivity contribution in [2.75, 3.05) is 6.54 Å². The van der Waals surface area contributed by atoms with Crippen LogP contribution in [0, 0.1) is 27.7 Å². The maximum Gasteiger partial charge on any atom is 0.224 e. The second-order valence-electron chi connectivity index (χ2n) is 6.23.